The summed E-state index contributed by atoms with van der Waals surface area (Å²) in [6.45, 7) is 0.674. The summed E-state index contributed by atoms with van der Waals surface area (Å²) in [6.07, 6.45) is 0. The quantitative estimate of drug-likeness (QED) is 0.674. The second-order valence-electron chi connectivity index (χ2n) is 3.84. The van der Waals surface area contributed by atoms with Crippen molar-refractivity contribution in [1.29, 1.82) is 0 Å². The molecule has 3 nitrogen and oxygen atoms in total. The van der Waals surface area contributed by atoms with Crippen molar-refractivity contribution in [2.45, 2.75) is 0 Å². The molecule has 0 amide bonds. The molecular formula is C14H13ClFNO2. The van der Waals surface area contributed by atoms with Crippen molar-refractivity contribution < 1.29 is 13.9 Å². The zero-order valence-electron chi connectivity index (χ0n) is 10.1. The lowest BCUT2D eigenvalue weighted by Crippen LogP contribution is -2.09. The van der Waals surface area contributed by atoms with E-state index in [1.807, 2.05) is 0 Å². The number of anilines is 1. The average Bonchev–Trinajstić information content (AvgIpc) is 2.39. The standard InChI is InChI=1S/C14H13ClFNO2/c15-13-9-10(16)1-6-14(13)19-8-7-18-12-4-2-11(17)3-5-12/h1-6,9H,7-8,17H2. The Hall–Kier alpha value is -1.94. The number of nitrogen functional groups attached to an aromatic ring is 1. The highest BCUT2D eigenvalue weighted by molar-refractivity contribution is 6.32. The molecule has 0 atom stereocenters. The molecule has 0 unspecified atom stereocenters. The summed E-state index contributed by atoms with van der Waals surface area (Å²) in [5, 5.41) is 0.243. The molecule has 0 bridgehead atoms. The highest BCUT2D eigenvalue weighted by atomic mass is 35.5. The minimum Gasteiger partial charge on any atom is -0.490 e. The summed E-state index contributed by atoms with van der Waals surface area (Å²) in [7, 11) is 0. The molecule has 0 radical (unpaired) electrons. The van der Waals surface area contributed by atoms with Crippen molar-refractivity contribution in [3.63, 3.8) is 0 Å². The van der Waals surface area contributed by atoms with E-state index in [9.17, 15) is 4.39 Å². The number of rotatable bonds is 5. The van der Waals surface area contributed by atoms with Gasteiger partial charge in [0.05, 0.1) is 5.02 Å². The van der Waals surface area contributed by atoms with Gasteiger partial charge in [-0.25, -0.2) is 4.39 Å². The zero-order valence-corrected chi connectivity index (χ0v) is 10.9. The van der Waals surface area contributed by atoms with Crippen LogP contribution in [0.2, 0.25) is 5.02 Å². The van der Waals surface area contributed by atoms with Crippen LogP contribution in [0.5, 0.6) is 11.5 Å². The van der Waals surface area contributed by atoms with Crippen LogP contribution in [0, 0.1) is 5.82 Å². The molecule has 2 rings (SSSR count). The van der Waals surface area contributed by atoms with E-state index in [-0.39, 0.29) is 5.02 Å². The fraction of sp³-hybridized carbons (Fsp3) is 0.143. The van der Waals surface area contributed by atoms with Crippen molar-refractivity contribution in [1.82, 2.24) is 0 Å². The smallest absolute Gasteiger partial charge is 0.138 e. The summed E-state index contributed by atoms with van der Waals surface area (Å²) in [5.74, 6) is 0.752. The maximum absolute atomic E-state index is 12.8. The number of hydrogen-bond acceptors (Lipinski definition) is 3. The summed E-state index contributed by atoms with van der Waals surface area (Å²) < 4.78 is 23.7. The van der Waals surface area contributed by atoms with E-state index in [4.69, 9.17) is 26.8 Å². The number of benzene rings is 2. The second kappa shape index (κ2) is 6.29. The maximum atomic E-state index is 12.8. The lowest BCUT2D eigenvalue weighted by Gasteiger charge is -2.09. The molecule has 0 aliphatic rings. The van der Waals surface area contributed by atoms with Gasteiger partial charge in [-0.1, -0.05) is 11.6 Å². The van der Waals surface area contributed by atoms with Crippen LogP contribution < -0.4 is 15.2 Å². The SMILES string of the molecule is Nc1ccc(OCCOc2ccc(F)cc2Cl)cc1. The molecule has 0 fully saturated rings. The molecule has 100 valence electrons. The van der Waals surface area contributed by atoms with Crippen molar-refractivity contribution >= 4 is 17.3 Å². The molecule has 0 heterocycles. The third kappa shape index (κ3) is 4.03. The average molecular weight is 282 g/mol. The van der Waals surface area contributed by atoms with Crippen LogP contribution in [0.4, 0.5) is 10.1 Å². The van der Waals surface area contributed by atoms with Crippen LogP contribution >= 0.6 is 11.6 Å². The first kappa shape index (κ1) is 13.5. The van der Waals surface area contributed by atoms with E-state index in [1.54, 1.807) is 24.3 Å². The number of hydrogen-bond donors (Lipinski definition) is 1. The topological polar surface area (TPSA) is 44.5 Å². The Morgan fingerprint density at radius 2 is 1.68 bits per heavy atom. The van der Waals surface area contributed by atoms with Crippen molar-refractivity contribution in [2.75, 3.05) is 18.9 Å². The number of nitrogens with two attached hydrogens (primary N) is 1. The van der Waals surface area contributed by atoms with E-state index >= 15 is 0 Å². The first-order valence-electron chi connectivity index (χ1n) is 5.71. The minimum absolute atomic E-state index is 0.243. The maximum Gasteiger partial charge on any atom is 0.138 e. The summed E-state index contributed by atoms with van der Waals surface area (Å²) in [5.41, 5.74) is 6.24. The third-order valence-corrected chi connectivity index (χ3v) is 2.68. The zero-order chi connectivity index (χ0) is 13.7. The summed E-state index contributed by atoms with van der Waals surface area (Å²) in [6, 6.07) is 11.1. The highest BCUT2D eigenvalue weighted by Gasteiger charge is 2.03. The lowest BCUT2D eigenvalue weighted by molar-refractivity contribution is 0.217. The van der Waals surface area contributed by atoms with Gasteiger partial charge < -0.3 is 15.2 Å². The van der Waals surface area contributed by atoms with E-state index in [2.05, 4.69) is 0 Å². The fourth-order valence-corrected chi connectivity index (χ4v) is 1.69. The van der Waals surface area contributed by atoms with Gasteiger partial charge in [0, 0.05) is 5.69 Å². The third-order valence-electron chi connectivity index (χ3n) is 2.38. The molecule has 0 saturated heterocycles. The van der Waals surface area contributed by atoms with E-state index < -0.39 is 5.82 Å². The van der Waals surface area contributed by atoms with Crippen molar-refractivity contribution in [3.8, 4) is 11.5 Å². The monoisotopic (exact) mass is 281 g/mol. The van der Waals surface area contributed by atoms with E-state index in [1.165, 1.54) is 18.2 Å². The van der Waals surface area contributed by atoms with Gasteiger partial charge in [0.25, 0.3) is 0 Å². The fourth-order valence-electron chi connectivity index (χ4n) is 1.47. The van der Waals surface area contributed by atoms with Crippen LogP contribution in [0.15, 0.2) is 42.5 Å². The van der Waals surface area contributed by atoms with Crippen LogP contribution in [0.25, 0.3) is 0 Å². The van der Waals surface area contributed by atoms with Gasteiger partial charge in [-0.3, -0.25) is 0 Å². The van der Waals surface area contributed by atoms with Crippen LogP contribution in [-0.4, -0.2) is 13.2 Å². The highest BCUT2D eigenvalue weighted by Crippen LogP contribution is 2.24. The van der Waals surface area contributed by atoms with Crippen LogP contribution in [0.1, 0.15) is 0 Å². The van der Waals surface area contributed by atoms with Gasteiger partial charge in [0.2, 0.25) is 0 Å². The van der Waals surface area contributed by atoms with Gasteiger partial charge in [0.1, 0.15) is 30.5 Å². The first-order chi connectivity index (χ1) is 9.15. The van der Waals surface area contributed by atoms with Crippen molar-refractivity contribution in [2.24, 2.45) is 0 Å². The largest absolute Gasteiger partial charge is 0.490 e. The van der Waals surface area contributed by atoms with Gasteiger partial charge in [-0.2, -0.15) is 0 Å². The van der Waals surface area contributed by atoms with E-state index in [0.717, 1.165) is 0 Å². The molecule has 19 heavy (non-hydrogen) atoms. The Morgan fingerprint density at radius 1 is 1.00 bits per heavy atom. The molecule has 2 aromatic rings. The predicted octanol–water partition coefficient (Wildman–Crippen LogP) is 3.52. The van der Waals surface area contributed by atoms with Crippen molar-refractivity contribution in [3.05, 3.63) is 53.3 Å². The Labute approximate surface area is 115 Å². The normalized spacial score (nSPS) is 10.2. The Kier molecular flexibility index (Phi) is 4.47. The van der Waals surface area contributed by atoms with Crippen LogP contribution in [-0.2, 0) is 0 Å². The molecule has 0 aromatic heterocycles. The predicted molar refractivity (Wildman–Crippen MR) is 73.3 cm³/mol. The number of ether oxygens (including phenoxy) is 2. The van der Waals surface area contributed by atoms with E-state index in [0.29, 0.717) is 30.4 Å². The van der Waals surface area contributed by atoms with Gasteiger partial charge in [-0.05, 0) is 42.5 Å². The Morgan fingerprint density at radius 3 is 2.37 bits per heavy atom. The Balaban J connectivity index is 1.79. The molecule has 5 heteroatoms. The molecule has 2 aromatic carbocycles. The summed E-state index contributed by atoms with van der Waals surface area (Å²) in [4.78, 5) is 0. The second-order valence-corrected chi connectivity index (χ2v) is 4.25. The molecule has 0 aliphatic carbocycles. The van der Waals surface area contributed by atoms with Gasteiger partial charge in [0.15, 0.2) is 0 Å². The molecule has 0 aliphatic heterocycles. The molecule has 0 spiro atoms. The van der Waals surface area contributed by atoms with Gasteiger partial charge in [-0.15, -0.1) is 0 Å². The molecule has 0 saturated carbocycles. The van der Waals surface area contributed by atoms with Crippen LogP contribution in [0.3, 0.4) is 0 Å². The number of halogens is 2. The minimum atomic E-state index is -0.393. The Bertz CT molecular complexity index is 546. The van der Waals surface area contributed by atoms with Gasteiger partial charge >= 0.3 is 0 Å². The summed E-state index contributed by atoms with van der Waals surface area (Å²) >= 11 is 5.82. The first-order valence-corrected chi connectivity index (χ1v) is 6.09. The lowest BCUT2D eigenvalue weighted by atomic mass is 10.3. The molecule has 2 N–H and O–H groups in total. The molecular weight excluding hydrogens is 269 g/mol.